The van der Waals surface area contributed by atoms with Gasteiger partial charge < -0.3 is 14.6 Å². The molecule has 2 aromatic rings. The molecule has 0 aliphatic carbocycles. The second-order valence-corrected chi connectivity index (χ2v) is 4.92. The third-order valence-electron chi connectivity index (χ3n) is 3.62. The van der Waals surface area contributed by atoms with Crippen LogP contribution in [0.15, 0.2) is 36.5 Å². The number of H-pyrrole nitrogens is 1. The molecule has 1 aliphatic rings. The number of fused-ring (bicyclic) bond motifs is 1. The van der Waals surface area contributed by atoms with Gasteiger partial charge in [0.15, 0.2) is 0 Å². The van der Waals surface area contributed by atoms with Crippen LogP contribution in [-0.4, -0.2) is 28.9 Å². The predicted octanol–water partition coefficient (Wildman–Crippen LogP) is 2.61. The van der Waals surface area contributed by atoms with E-state index in [4.69, 9.17) is 4.74 Å². The minimum atomic E-state index is 0.0832. The largest absolute Gasteiger partial charge is 0.494 e. The van der Waals surface area contributed by atoms with Crippen LogP contribution in [0.25, 0.3) is 0 Å². The number of ether oxygens (including phenoxy) is 1. The zero-order chi connectivity index (χ0) is 13.9. The van der Waals surface area contributed by atoms with Crippen molar-refractivity contribution in [3.63, 3.8) is 0 Å². The lowest BCUT2D eigenvalue weighted by Gasteiger charge is -2.27. The van der Waals surface area contributed by atoms with Gasteiger partial charge in [0.25, 0.3) is 5.91 Å². The fraction of sp³-hybridized carbons (Fsp3) is 0.312. The topological polar surface area (TPSA) is 45.3 Å². The zero-order valence-corrected chi connectivity index (χ0v) is 11.6. The summed E-state index contributed by atoms with van der Waals surface area (Å²) in [7, 11) is 0. The van der Waals surface area contributed by atoms with Crippen molar-refractivity contribution in [1.82, 2.24) is 9.88 Å². The highest BCUT2D eigenvalue weighted by molar-refractivity contribution is 5.94. The minimum Gasteiger partial charge on any atom is -0.494 e. The van der Waals surface area contributed by atoms with Crippen LogP contribution in [0.2, 0.25) is 0 Å². The molecule has 0 radical (unpaired) electrons. The lowest BCUT2D eigenvalue weighted by Crippen LogP contribution is -2.35. The Morgan fingerprint density at radius 2 is 2.10 bits per heavy atom. The summed E-state index contributed by atoms with van der Waals surface area (Å²) in [6, 6.07) is 9.41. The number of nitrogens with one attached hydrogen (secondary N) is 1. The van der Waals surface area contributed by atoms with E-state index in [1.807, 2.05) is 48.4 Å². The maximum Gasteiger partial charge on any atom is 0.254 e. The number of hydrogen-bond acceptors (Lipinski definition) is 2. The van der Waals surface area contributed by atoms with Crippen molar-refractivity contribution in [1.29, 1.82) is 0 Å². The molecule has 0 spiro atoms. The van der Waals surface area contributed by atoms with Crippen molar-refractivity contribution in [2.45, 2.75) is 19.9 Å². The molecule has 0 unspecified atom stereocenters. The standard InChI is InChI=1S/C16H18N2O2/c1-2-20-14-5-3-12(4-6-14)16(19)18-10-8-15-13(11-18)7-9-17-15/h3-7,9,17H,2,8,10-11H2,1H3. The van der Waals surface area contributed by atoms with Gasteiger partial charge in [0, 0.05) is 37.0 Å². The molecule has 20 heavy (non-hydrogen) atoms. The Morgan fingerprint density at radius 1 is 1.30 bits per heavy atom. The first-order chi connectivity index (χ1) is 9.78. The SMILES string of the molecule is CCOc1ccc(C(=O)N2CCc3[nH]ccc3C2)cc1. The molecule has 3 rings (SSSR count). The van der Waals surface area contributed by atoms with E-state index in [1.165, 1.54) is 11.3 Å². The second kappa shape index (κ2) is 5.41. The van der Waals surface area contributed by atoms with Crippen LogP contribution in [0, 0.1) is 0 Å². The summed E-state index contributed by atoms with van der Waals surface area (Å²) >= 11 is 0. The molecule has 1 amide bonds. The van der Waals surface area contributed by atoms with Gasteiger partial charge in [0.05, 0.1) is 6.61 Å². The fourth-order valence-corrected chi connectivity index (χ4v) is 2.56. The van der Waals surface area contributed by atoms with Crippen LogP contribution in [0.1, 0.15) is 28.5 Å². The van der Waals surface area contributed by atoms with Gasteiger partial charge in [0.1, 0.15) is 5.75 Å². The summed E-state index contributed by atoms with van der Waals surface area (Å²) in [5, 5.41) is 0. The second-order valence-electron chi connectivity index (χ2n) is 4.92. The summed E-state index contributed by atoms with van der Waals surface area (Å²) in [5.41, 5.74) is 3.18. The van der Waals surface area contributed by atoms with E-state index in [0.29, 0.717) is 18.7 Å². The summed E-state index contributed by atoms with van der Waals surface area (Å²) in [4.78, 5) is 17.6. The zero-order valence-electron chi connectivity index (χ0n) is 11.6. The third-order valence-corrected chi connectivity index (χ3v) is 3.62. The van der Waals surface area contributed by atoms with E-state index in [0.717, 1.165) is 18.7 Å². The lowest BCUT2D eigenvalue weighted by atomic mass is 10.1. The molecular weight excluding hydrogens is 252 g/mol. The molecule has 0 saturated carbocycles. The quantitative estimate of drug-likeness (QED) is 0.931. The molecule has 1 aliphatic heterocycles. The van der Waals surface area contributed by atoms with Crippen LogP contribution >= 0.6 is 0 Å². The van der Waals surface area contributed by atoms with Crippen molar-refractivity contribution in [3.05, 3.63) is 53.3 Å². The minimum absolute atomic E-state index is 0.0832. The van der Waals surface area contributed by atoms with E-state index in [1.54, 1.807) is 0 Å². The van der Waals surface area contributed by atoms with E-state index in [-0.39, 0.29) is 5.91 Å². The molecule has 0 fully saturated rings. The van der Waals surface area contributed by atoms with Gasteiger partial charge in [-0.3, -0.25) is 4.79 Å². The monoisotopic (exact) mass is 270 g/mol. The van der Waals surface area contributed by atoms with Gasteiger partial charge in [-0.1, -0.05) is 0 Å². The van der Waals surface area contributed by atoms with Crippen LogP contribution < -0.4 is 4.74 Å². The van der Waals surface area contributed by atoms with Crippen molar-refractivity contribution < 1.29 is 9.53 Å². The van der Waals surface area contributed by atoms with Crippen LogP contribution in [0.3, 0.4) is 0 Å². The average Bonchev–Trinajstić information content (AvgIpc) is 2.95. The van der Waals surface area contributed by atoms with Crippen molar-refractivity contribution >= 4 is 5.91 Å². The highest BCUT2D eigenvalue weighted by atomic mass is 16.5. The number of rotatable bonds is 3. The number of nitrogens with zero attached hydrogens (tertiary/aromatic N) is 1. The molecule has 4 heteroatoms. The molecular formula is C16H18N2O2. The molecule has 2 heterocycles. The Balaban J connectivity index is 1.73. The van der Waals surface area contributed by atoms with Crippen molar-refractivity contribution in [2.24, 2.45) is 0 Å². The first-order valence-corrected chi connectivity index (χ1v) is 6.95. The number of hydrogen-bond donors (Lipinski definition) is 1. The Labute approximate surface area is 118 Å². The van der Waals surface area contributed by atoms with E-state index in [2.05, 4.69) is 4.98 Å². The Hall–Kier alpha value is -2.23. The van der Waals surface area contributed by atoms with E-state index in [9.17, 15) is 4.79 Å². The molecule has 0 saturated heterocycles. The van der Waals surface area contributed by atoms with Crippen LogP contribution in [0.4, 0.5) is 0 Å². The summed E-state index contributed by atoms with van der Waals surface area (Å²) in [6.45, 7) is 4.03. The molecule has 0 bridgehead atoms. The first-order valence-electron chi connectivity index (χ1n) is 6.95. The first kappa shape index (κ1) is 12.8. The highest BCUT2D eigenvalue weighted by Gasteiger charge is 2.22. The van der Waals surface area contributed by atoms with Gasteiger partial charge in [-0.2, -0.15) is 0 Å². The van der Waals surface area contributed by atoms with Crippen LogP contribution in [-0.2, 0) is 13.0 Å². The fourth-order valence-electron chi connectivity index (χ4n) is 2.56. The maximum absolute atomic E-state index is 12.5. The van der Waals surface area contributed by atoms with Crippen LogP contribution in [0.5, 0.6) is 5.75 Å². The number of benzene rings is 1. The third kappa shape index (κ3) is 2.41. The Kier molecular flexibility index (Phi) is 3.46. The average molecular weight is 270 g/mol. The number of aromatic nitrogens is 1. The van der Waals surface area contributed by atoms with Gasteiger partial charge in [-0.15, -0.1) is 0 Å². The Morgan fingerprint density at radius 3 is 2.85 bits per heavy atom. The predicted molar refractivity (Wildman–Crippen MR) is 76.8 cm³/mol. The molecule has 1 N–H and O–H groups in total. The number of amides is 1. The Bertz CT molecular complexity index is 601. The van der Waals surface area contributed by atoms with Gasteiger partial charge >= 0.3 is 0 Å². The molecule has 0 atom stereocenters. The van der Waals surface area contributed by atoms with E-state index < -0.39 is 0 Å². The number of aromatic amines is 1. The molecule has 1 aromatic heterocycles. The van der Waals surface area contributed by atoms with Gasteiger partial charge in [0.2, 0.25) is 0 Å². The number of carbonyl (C=O) groups is 1. The molecule has 104 valence electrons. The summed E-state index contributed by atoms with van der Waals surface area (Å²) in [6.07, 6.45) is 2.83. The smallest absolute Gasteiger partial charge is 0.254 e. The van der Waals surface area contributed by atoms with E-state index >= 15 is 0 Å². The highest BCUT2D eigenvalue weighted by Crippen LogP contribution is 2.20. The summed E-state index contributed by atoms with van der Waals surface area (Å²) < 4.78 is 5.39. The van der Waals surface area contributed by atoms with Gasteiger partial charge in [-0.05, 0) is 42.8 Å². The molecule has 4 nitrogen and oxygen atoms in total. The normalized spacial score (nSPS) is 13.9. The summed E-state index contributed by atoms with van der Waals surface area (Å²) in [5.74, 6) is 0.885. The van der Waals surface area contributed by atoms with Gasteiger partial charge in [-0.25, -0.2) is 0 Å². The van der Waals surface area contributed by atoms with Crippen molar-refractivity contribution in [3.8, 4) is 5.75 Å². The maximum atomic E-state index is 12.5. The van der Waals surface area contributed by atoms with Crippen molar-refractivity contribution in [2.75, 3.05) is 13.2 Å². The number of carbonyl (C=O) groups excluding carboxylic acids is 1. The lowest BCUT2D eigenvalue weighted by molar-refractivity contribution is 0.0734. The molecule has 1 aromatic carbocycles.